The van der Waals surface area contributed by atoms with Crippen LogP contribution in [0.2, 0.25) is 0 Å². The lowest BCUT2D eigenvalue weighted by Crippen LogP contribution is -2.56. The molecule has 0 radical (unpaired) electrons. The monoisotopic (exact) mass is 275 g/mol. The Labute approximate surface area is 121 Å². The molecule has 0 saturated carbocycles. The van der Waals surface area contributed by atoms with Crippen molar-refractivity contribution in [2.24, 2.45) is 0 Å². The Morgan fingerprint density at radius 3 is 2.55 bits per heavy atom. The lowest BCUT2D eigenvalue weighted by Gasteiger charge is -2.42. The summed E-state index contributed by atoms with van der Waals surface area (Å²) < 4.78 is 5.89. The molecule has 110 valence electrons. The van der Waals surface area contributed by atoms with Crippen molar-refractivity contribution in [3.8, 4) is 0 Å². The van der Waals surface area contributed by atoms with E-state index in [1.165, 1.54) is 5.69 Å². The number of hydrogen-bond donors (Lipinski definition) is 1. The summed E-state index contributed by atoms with van der Waals surface area (Å²) >= 11 is 0. The Kier molecular flexibility index (Phi) is 4.55. The van der Waals surface area contributed by atoms with Gasteiger partial charge in [0.2, 0.25) is 0 Å². The molecule has 4 nitrogen and oxygen atoms in total. The van der Waals surface area contributed by atoms with E-state index in [1.54, 1.807) is 0 Å². The van der Waals surface area contributed by atoms with E-state index >= 15 is 0 Å². The van der Waals surface area contributed by atoms with Crippen LogP contribution in [0.5, 0.6) is 0 Å². The van der Waals surface area contributed by atoms with Crippen LogP contribution in [0.3, 0.4) is 0 Å². The second-order valence-corrected chi connectivity index (χ2v) is 5.71. The Bertz CT molecular complexity index is 397. The molecule has 2 heterocycles. The molecule has 2 fully saturated rings. The third kappa shape index (κ3) is 3.14. The van der Waals surface area contributed by atoms with Gasteiger partial charge in [-0.1, -0.05) is 18.2 Å². The number of nitrogens with zero attached hydrogens (tertiary/aromatic N) is 2. The van der Waals surface area contributed by atoms with E-state index in [2.05, 4.69) is 52.4 Å². The van der Waals surface area contributed by atoms with Gasteiger partial charge in [0, 0.05) is 51.0 Å². The molecule has 2 aliphatic heterocycles. The number of morpholine rings is 1. The maximum absolute atomic E-state index is 5.89. The zero-order chi connectivity index (χ0) is 13.8. The van der Waals surface area contributed by atoms with Crippen molar-refractivity contribution in [1.82, 2.24) is 10.2 Å². The Balaban J connectivity index is 1.53. The summed E-state index contributed by atoms with van der Waals surface area (Å²) in [7, 11) is 0. The predicted molar refractivity (Wildman–Crippen MR) is 82.3 cm³/mol. The third-order valence-corrected chi connectivity index (χ3v) is 4.51. The highest BCUT2D eigenvalue weighted by Gasteiger charge is 2.28. The molecule has 2 saturated heterocycles. The number of para-hydroxylation sites is 1. The van der Waals surface area contributed by atoms with Gasteiger partial charge < -0.3 is 15.0 Å². The van der Waals surface area contributed by atoms with Gasteiger partial charge in [0.25, 0.3) is 0 Å². The zero-order valence-electron chi connectivity index (χ0n) is 12.3. The SMILES string of the molecule is CC(C1CNCCO1)N1CCN(c2ccccc2)CC1. The van der Waals surface area contributed by atoms with Crippen molar-refractivity contribution in [3.05, 3.63) is 30.3 Å². The van der Waals surface area contributed by atoms with E-state index in [1.807, 2.05) is 0 Å². The summed E-state index contributed by atoms with van der Waals surface area (Å²) in [4.78, 5) is 5.04. The van der Waals surface area contributed by atoms with Gasteiger partial charge in [-0.05, 0) is 19.1 Å². The second-order valence-electron chi connectivity index (χ2n) is 5.71. The zero-order valence-corrected chi connectivity index (χ0v) is 12.3. The summed E-state index contributed by atoms with van der Waals surface area (Å²) in [5.74, 6) is 0. The number of rotatable bonds is 3. The summed E-state index contributed by atoms with van der Waals surface area (Å²) in [5.41, 5.74) is 1.34. The molecule has 0 aromatic heterocycles. The molecule has 1 aromatic rings. The van der Waals surface area contributed by atoms with Gasteiger partial charge in [-0.2, -0.15) is 0 Å². The molecule has 0 bridgehead atoms. The van der Waals surface area contributed by atoms with Gasteiger partial charge in [0.05, 0.1) is 12.7 Å². The molecule has 1 aromatic carbocycles. The summed E-state index contributed by atoms with van der Waals surface area (Å²) in [5, 5.41) is 3.43. The predicted octanol–water partition coefficient (Wildman–Crippen LogP) is 1.19. The standard InChI is InChI=1S/C16H25N3O/c1-14(16-13-17-7-12-20-16)18-8-10-19(11-9-18)15-5-3-2-4-6-15/h2-6,14,16-17H,7-13H2,1H3. The Hall–Kier alpha value is -1.10. The molecule has 4 heteroatoms. The molecule has 0 aliphatic carbocycles. The van der Waals surface area contributed by atoms with Crippen molar-refractivity contribution < 1.29 is 4.74 Å². The lowest BCUT2D eigenvalue weighted by molar-refractivity contribution is -0.0272. The van der Waals surface area contributed by atoms with Crippen molar-refractivity contribution in [3.63, 3.8) is 0 Å². The average molecular weight is 275 g/mol. The normalized spacial score (nSPS) is 26.4. The van der Waals surface area contributed by atoms with Crippen molar-refractivity contribution >= 4 is 5.69 Å². The molecule has 1 N–H and O–H groups in total. The Morgan fingerprint density at radius 2 is 1.90 bits per heavy atom. The van der Waals surface area contributed by atoms with Gasteiger partial charge in [0.15, 0.2) is 0 Å². The fourth-order valence-corrected chi connectivity index (χ4v) is 3.16. The van der Waals surface area contributed by atoms with Crippen molar-refractivity contribution in [1.29, 1.82) is 0 Å². The third-order valence-electron chi connectivity index (χ3n) is 4.51. The smallest absolute Gasteiger partial charge is 0.0852 e. The number of hydrogen-bond acceptors (Lipinski definition) is 4. The van der Waals surface area contributed by atoms with Crippen LogP contribution in [0, 0.1) is 0 Å². The topological polar surface area (TPSA) is 27.7 Å². The summed E-state index contributed by atoms with van der Waals surface area (Å²) in [6, 6.07) is 11.2. The maximum atomic E-state index is 5.89. The van der Waals surface area contributed by atoms with Crippen LogP contribution < -0.4 is 10.2 Å². The van der Waals surface area contributed by atoms with Crippen LogP contribution in [0.4, 0.5) is 5.69 Å². The first-order valence-electron chi connectivity index (χ1n) is 7.71. The van der Waals surface area contributed by atoms with E-state index < -0.39 is 0 Å². The molecule has 2 atom stereocenters. The molecule has 3 rings (SSSR count). The molecule has 2 aliphatic rings. The van der Waals surface area contributed by atoms with Crippen LogP contribution in [0.1, 0.15) is 6.92 Å². The quantitative estimate of drug-likeness (QED) is 0.897. The fourth-order valence-electron chi connectivity index (χ4n) is 3.16. The first-order chi connectivity index (χ1) is 9.84. The average Bonchev–Trinajstić information content (AvgIpc) is 2.56. The van der Waals surface area contributed by atoms with Gasteiger partial charge in [-0.15, -0.1) is 0 Å². The van der Waals surface area contributed by atoms with Gasteiger partial charge >= 0.3 is 0 Å². The molecule has 2 unspecified atom stereocenters. The number of piperazine rings is 1. The number of ether oxygens (including phenoxy) is 1. The molecule has 0 amide bonds. The van der Waals surface area contributed by atoms with Crippen LogP contribution in [-0.4, -0.2) is 62.9 Å². The highest BCUT2D eigenvalue weighted by molar-refractivity contribution is 5.46. The minimum Gasteiger partial charge on any atom is -0.374 e. The van der Waals surface area contributed by atoms with Crippen LogP contribution in [0.25, 0.3) is 0 Å². The van der Waals surface area contributed by atoms with E-state index in [9.17, 15) is 0 Å². The van der Waals surface area contributed by atoms with Gasteiger partial charge in [-0.25, -0.2) is 0 Å². The van der Waals surface area contributed by atoms with Crippen molar-refractivity contribution in [2.75, 3.05) is 50.8 Å². The highest BCUT2D eigenvalue weighted by Crippen LogP contribution is 2.18. The van der Waals surface area contributed by atoms with Crippen LogP contribution in [0.15, 0.2) is 30.3 Å². The molecular weight excluding hydrogens is 250 g/mol. The van der Waals surface area contributed by atoms with E-state index in [4.69, 9.17) is 4.74 Å². The fraction of sp³-hybridized carbons (Fsp3) is 0.625. The van der Waals surface area contributed by atoms with Crippen molar-refractivity contribution in [2.45, 2.75) is 19.1 Å². The lowest BCUT2D eigenvalue weighted by atomic mass is 10.1. The molecule has 20 heavy (non-hydrogen) atoms. The van der Waals surface area contributed by atoms with Gasteiger partial charge in [-0.3, -0.25) is 4.90 Å². The summed E-state index contributed by atoms with van der Waals surface area (Å²) in [6.07, 6.45) is 0.340. The minimum atomic E-state index is 0.340. The summed E-state index contributed by atoms with van der Waals surface area (Å²) in [6.45, 7) is 9.58. The molecular formula is C16H25N3O. The number of benzene rings is 1. The Morgan fingerprint density at radius 1 is 1.15 bits per heavy atom. The van der Waals surface area contributed by atoms with Gasteiger partial charge in [0.1, 0.15) is 0 Å². The number of anilines is 1. The molecule has 0 spiro atoms. The number of nitrogens with one attached hydrogen (secondary N) is 1. The van der Waals surface area contributed by atoms with Crippen LogP contribution >= 0.6 is 0 Å². The van der Waals surface area contributed by atoms with E-state index in [0.717, 1.165) is 45.9 Å². The second kappa shape index (κ2) is 6.57. The van der Waals surface area contributed by atoms with Crippen LogP contribution in [-0.2, 0) is 4.74 Å². The minimum absolute atomic E-state index is 0.340. The van der Waals surface area contributed by atoms with E-state index in [0.29, 0.717) is 12.1 Å². The first kappa shape index (κ1) is 13.9. The first-order valence-corrected chi connectivity index (χ1v) is 7.71. The van der Waals surface area contributed by atoms with E-state index in [-0.39, 0.29) is 0 Å². The maximum Gasteiger partial charge on any atom is 0.0852 e. The highest BCUT2D eigenvalue weighted by atomic mass is 16.5. The largest absolute Gasteiger partial charge is 0.374 e.